The maximum atomic E-state index is 12.8. The van der Waals surface area contributed by atoms with Crippen LogP contribution in [0.25, 0.3) is 0 Å². The van der Waals surface area contributed by atoms with Gasteiger partial charge in [0.15, 0.2) is 0 Å². The van der Waals surface area contributed by atoms with Crippen molar-refractivity contribution in [2.45, 2.75) is 38.9 Å². The number of nitrogens with one attached hydrogen (secondary N) is 1. The smallest absolute Gasteiger partial charge is 0.245 e. The molecule has 1 saturated heterocycles. The van der Waals surface area contributed by atoms with Gasteiger partial charge in [0, 0.05) is 38.2 Å². The first-order valence-corrected chi connectivity index (χ1v) is 9.22. The average molecular weight is 351 g/mol. The Morgan fingerprint density at radius 1 is 1.19 bits per heavy atom. The highest BCUT2D eigenvalue weighted by Crippen LogP contribution is 2.25. The van der Waals surface area contributed by atoms with Crippen LogP contribution in [0, 0.1) is 6.92 Å². The predicted octanol–water partition coefficient (Wildman–Crippen LogP) is 1.99. The molecule has 1 atom stereocenters. The molecule has 26 heavy (non-hydrogen) atoms. The minimum absolute atomic E-state index is 0.155. The van der Waals surface area contributed by atoms with Gasteiger partial charge in [0.2, 0.25) is 5.91 Å². The van der Waals surface area contributed by atoms with E-state index in [2.05, 4.69) is 58.4 Å². The van der Waals surface area contributed by atoms with Gasteiger partial charge in [0.05, 0.1) is 5.69 Å². The first-order chi connectivity index (χ1) is 12.6. The molecule has 3 heterocycles. The summed E-state index contributed by atoms with van der Waals surface area (Å²) in [6.07, 6.45) is 3.34. The highest BCUT2D eigenvalue weighted by molar-refractivity contribution is 5.86. The summed E-state index contributed by atoms with van der Waals surface area (Å²) in [6, 6.07) is 8.18. The molecule has 136 valence electrons. The summed E-state index contributed by atoms with van der Waals surface area (Å²) in [7, 11) is 2.10. The summed E-state index contributed by atoms with van der Waals surface area (Å²) in [5.41, 5.74) is 4.64. The number of carbonyl (C=O) groups is 1. The molecule has 0 radical (unpaired) electrons. The van der Waals surface area contributed by atoms with E-state index in [1.165, 1.54) is 11.1 Å². The second-order valence-electron chi connectivity index (χ2n) is 7.37. The number of likely N-dealkylation sites (tertiary alicyclic amines) is 1. The van der Waals surface area contributed by atoms with Crippen LogP contribution in [0.2, 0.25) is 0 Å². The quantitative estimate of drug-likeness (QED) is 0.913. The van der Waals surface area contributed by atoms with Crippen molar-refractivity contribution in [3.63, 3.8) is 0 Å². The van der Waals surface area contributed by atoms with Crippen molar-refractivity contribution in [2.24, 2.45) is 0 Å². The first kappa shape index (κ1) is 17.0. The summed E-state index contributed by atoms with van der Waals surface area (Å²) < 4.78 is 0. The minimum atomic E-state index is -0.202. The van der Waals surface area contributed by atoms with Gasteiger partial charge >= 0.3 is 0 Å². The number of amides is 1. The number of aromatic nitrogens is 2. The van der Waals surface area contributed by atoms with Crippen LogP contribution in [0.4, 0.5) is 5.82 Å². The third-order valence-electron chi connectivity index (χ3n) is 5.30. The van der Waals surface area contributed by atoms with Gasteiger partial charge in [0.25, 0.3) is 0 Å². The zero-order chi connectivity index (χ0) is 18.1. The molecular weight excluding hydrogens is 326 g/mol. The Balaban J connectivity index is 1.45. The SMILES string of the molecule is Cc1ccc(CN2CCC(Nc3ncnc4c3CN(C)CC4)C2=O)cc1. The molecule has 1 N–H and O–H groups in total. The van der Waals surface area contributed by atoms with Crippen molar-refractivity contribution in [1.82, 2.24) is 19.8 Å². The van der Waals surface area contributed by atoms with Crippen molar-refractivity contribution >= 4 is 11.7 Å². The van der Waals surface area contributed by atoms with Gasteiger partial charge in [0.1, 0.15) is 18.2 Å². The molecule has 6 heteroatoms. The number of likely N-dealkylation sites (N-methyl/N-ethyl adjacent to an activating group) is 1. The Bertz CT molecular complexity index is 804. The van der Waals surface area contributed by atoms with Gasteiger partial charge < -0.3 is 15.1 Å². The summed E-state index contributed by atoms with van der Waals surface area (Å²) in [5.74, 6) is 0.971. The maximum absolute atomic E-state index is 12.8. The molecule has 2 aliphatic rings. The molecule has 1 fully saturated rings. The van der Waals surface area contributed by atoms with E-state index in [0.717, 1.165) is 49.6 Å². The standard InChI is InChI=1S/C20H25N5O/c1-14-3-5-15(6-4-14)11-25-10-8-18(20(25)26)23-19-16-12-24(2)9-7-17(16)21-13-22-19/h3-6,13,18H,7-12H2,1-2H3,(H,21,22,23). The van der Waals surface area contributed by atoms with Crippen molar-refractivity contribution in [3.05, 3.63) is 53.0 Å². The minimum Gasteiger partial charge on any atom is -0.358 e. The van der Waals surface area contributed by atoms with Crippen LogP contribution in [0.1, 0.15) is 28.8 Å². The van der Waals surface area contributed by atoms with E-state index in [1.807, 2.05) is 4.90 Å². The number of benzene rings is 1. The lowest BCUT2D eigenvalue weighted by atomic mass is 10.1. The van der Waals surface area contributed by atoms with Crippen LogP contribution >= 0.6 is 0 Å². The molecule has 0 saturated carbocycles. The number of fused-ring (bicyclic) bond motifs is 1. The Kier molecular flexibility index (Phi) is 4.59. The number of rotatable bonds is 4. The molecule has 1 aromatic carbocycles. The Morgan fingerprint density at radius 2 is 2.00 bits per heavy atom. The molecule has 1 unspecified atom stereocenters. The largest absolute Gasteiger partial charge is 0.358 e. The molecular formula is C20H25N5O. The van der Waals surface area contributed by atoms with Crippen molar-refractivity contribution < 1.29 is 4.79 Å². The van der Waals surface area contributed by atoms with E-state index < -0.39 is 0 Å². The Labute approximate surface area is 154 Å². The first-order valence-electron chi connectivity index (χ1n) is 9.22. The van der Waals surface area contributed by atoms with E-state index >= 15 is 0 Å². The predicted molar refractivity (Wildman–Crippen MR) is 101 cm³/mol. The summed E-state index contributed by atoms with van der Waals surface area (Å²) in [6.45, 7) is 5.35. The third-order valence-corrected chi connectivity index (χ3v) is 5.30. The zero-order valence-corrected chi connectivity index (χ0v) is 15.4. The van der Waals surface area contributed by atoms with E-state index in [4.69, 9.17) is 0 Å². The molecule has 6 nitrogen and oxygen atoms in total. The zero-order valence-electron chi connectivity index (χ0n) is 15.4. The fourth-order valence-corrected chi connectivity index (χ4v) is 3.71. The number of carbonyl (C=O) groups excluding carboxylic acids is 1. The number of hydrogen-bond acceptors (Lipinski definition) is 5. The molecule has 2 aliphatic heterocycles. The number of hydrogen-bond donors (Lipinski definition) is 1. The van der Waals surface area contributed by atoms with Gasteiger partial charge in [-0.3, -0.25) is 4.79 Å². The molecule has 4 rings (SSSR count). The van der Waals surface area contributed by atoms with E-state index in [9.17, 15) is 4.79 Å². The highest BCUT2D eigenvalue weighted by Gasteiger charge is 2.32. The second kappa shape index (κ2) is 7.03. The second-order valence-corrected chi connectivity index (χ2v) is 7.37. The van der Waals surface area contributed by atoms with Gasteiger partial charge in [-0.25, -0.2) is 9.97 Å². The summed E-state index contributed by atoms with van der Waals surface area (Å²) in [5, 5.41) is 3.40. The lowest BCUT2D eigenvalue weighted by Crippen LogP contribution is -2.35. The van der Waals surface area contributed by atoms with Crippen LogP contribution < -0.4 is 5.32 Å². The maximum Gasteiger partial charge on any atom is 0.245 e. The Hall–Kier alpha value is -2.47. The lowest BCUT2D eigenvalue weighted by Gasteiger charge is -2.26. The molecule has 2 aromatic rings. The fourth-order valence-electron chi connectivity index (χ4n) is 3.71. The summed E-state index contributed by atoms with van der Waals surface area (Å²) >= 11 is 0. The van der Waals surface area contributed by atoms with Crippen molar-refractivity contribution in [1.29, 1.82) is 0 Å². The number of aryl methyl sites for hydroxylation is 1. The van der Waals surface area contributed by atoms with Crippen LogP contribution in [-0.4, -0.2) is 51.9 Å². The van der Waals surface area contributed by atoms with E-state index in [1.54, 1.807) is 6.33 Å². The van der Waals surface area contributed by atoms with Crippen LogP contribution in [0.15, 0.2) is 30.6 Å². The molecule has 1 aromatic heterocycles. The van der Waals surface area contributed by atoms with Gasteiger partial charge in [-0.05, 0) is 26.0 Å². The van der Waals surface area contributed by atoms with Crippen LogP contribution in [0.5, 0.6) is 0 Å². The Morgan fingerprint density at radius 3 is 2.81 bits per heavy atom. The fraction of sp³-hybridized carbons (Fsp3) is 0.450. The van der Waals surface area contributed by atoms with Crippen LogP contribution in [-0.2, 0) is 24.3 Å². The van der Waals surface area contributed by atoms with E-state index in [-0.39, 0.29) is 11.9 Å². The topological polar surface area (TPSA) is 61.4 Å². The molecule has 0 bridgehead atoms. The van der Waals surface area contributed by atoms with Crippen molar-refractivity contribution in [3.8, 4) is 0 Å². The molecule has 0 spiro atoms. The molecule has 1 amide bonds. The number of anilines is 1. The van der Waals surface area contributed by atoms with Gasteiger partial charge in [-0.2, -0.15) is 0 Å². The van der Waals surface area contributed by atoms with E-state index in [0.29, 0.717) is 6.54 Å². The van der Waals surface area contributed by atoms with Gasteiger partial charge in [-0.15, -0.1) is 0 Å². The number of nitrogens with zero attached hydrogens (tertiary/aromatic N) is 4. The van der Waals surface area contributed by atoms with Gasteiger partial charge in [-0.1, -0.05) is 29.8 Å². The normalized spacial score (nSPS) is 20.3. The average Bonchev–Trinajstić information content (AvgIpc) is 2.97. The monoisotopic (exact) mass is 351 g/mol. The summed E-state index contributed by atoms with van der Waals surface area (Å²) in [4.78, 5) is 25.9. The van der Waals surface area contributed by atoms with Crippen molar-refractivity contribution in [2.75, 3.05) is 25.5 Å². The highest BCUT2D eigenvalue weighted by atomic mass is 16.2. The molecule has 0 aliphatic carbocycles. The van der Waals surface area contributed by atoms with Crippen LogP contribution in [0.3, 0.4) is 0 Å². The third kappa shape index (κ3) is 3.42. The lowest BCUT2D eigenvalue weighted by molar-refractivity contribution is -0.128.